The highest BCUT2D eigenvalue weighted by Gasteiger charge is 2.26. The van der Waals surface area contributed by atoms with Gasteiger partial charge in [0.05, 0.1) is 22.7 Å². The van der Waals surface area contributed by atoms with E-state index in [2.05, 4.69) is 155 Å². The van der Waals surface area contributed by atoms with Gasteiger partial charge in [-0.15, -0.1) is 0 Å². The first-order valence-electron chi connectivity index (χ1n) is 20.4. The van der Waals surface area contributed by atoms with Gasteiger partial charge in [0.15, 0.2) is 5.58 Å². The van der Waals surface area contributed by atoms with E-state index in [-0.39, 0.29) is 0 Å². The molecule has 0 bridgehead atoms. The third-order valence-corrected chi connectivity index (χ3v) is 11.5. The van der Waals surface area contributed by atoms with E-state index in [9.17, 15) is 0 Å². The topological polar surface area (TPSA) is 58.8 Å². The Morgan fingerprint density at radius 3 is 1.66 bits per heavy atom. The van der Waals surface area contributed by atoms with Gasteiger partial charge in [-0.3, -0.25) is 0 Å². The van der Waals surface area contributed by atoms with Crippen molar-refractivity contribution in [2.75, 3.05) is 9.80 Å². The summed E-state index contributed by atoms with van der Waals surface area (Å²) >= 11 is 0. The van der Waals surface area contributed by atoms with Gasteiger partial charge in [0.2, 0.25) is 5.89 Å². The Morgan fingerprint density at radius 1 is 0.328 bits per heavy atom. The molecule has 12 rings (SSSR count). The Bertz CT molecular complexity index is 3550. The maximum absolute atomic E-state index is 6.87. The maximum atomic E-state index is 6.87. The van der Waals surface area contributed by atoms with Crippen LogP contribution >= 0.6 is 0 Å². The highest BCUT2D eigenvalue weighted by Crippen LogP contribution is 2.48. The molecule has 0 saturated heterocycles. The minimum Gasteiger partial charge on any atom is -0.456 e. The van der Waals surface area contributed by atoms with E-state index in [4.69, 9.17) is 18.2 Å². The average molecular weight is 786 g/mol. The molecule has 0 aliphatic rings. The van der Waals surface area contributed by atoms with Gasteiger partial charge in [0, 0.05) is 50.1 Å². The molecule has 9 aromatic carbocycles. The summed E-state index contributed by atoms with van der Waals surface area (Å²) < 4.78 is 19.7. The van der Waals surface area contributed by atoms with Crippen LogP contribution in [0.4, 0.5) is 34.1 Å². The number of para-hydroxylation sites is 4. The fraction of sp³-hybridized carbons (Fsp3) is 0. The molecule has 0 saturated carbocycles. The van der Waals surface area contributed by atoms with E-state index in [1.807, 2.05) is 66.7 Å². The van der Waals surface area contributed by atoms with Crippen molar-refractivity contribution in [3.8, 4) is 22.6 Å². The summed E-state index contributed by atoms with van der Waals surface area (Å²) in [5.41, 5.74) is 13.4. The smallest absolute Gasteiger partial charge is 0.227 e. The summed E-state index contributed by atoms with van der Waals surface area (Å²) in [6.45, 7) is 0. The summed E-state index contributed by atoms with van der Waals surface area (Å²) in [6, 6.07) is 73.2. The molecule has 6 heteroatoms. The van der Waals surface area contributed by atoms with Crippen LogP contribution < -0.4 is 9.80 Å². The Morgan fingerprint density at radius 2 is 0.885 bits per heavy atom. The van der Waals surface area contributed by atoms with Crippen molar-refractivity contribution in [3.63, 3.8) is 0 Å². The minimum absolute atomic E-state index is 0.539. The number of hydrogen-bond donors (Lipinski definition) is 0. The molecule has 0 aliphatic heterocycles. The number of rotatable bonds is 8. The zero-order valence-corrected chi connectivity index (χ0v) is 32.8. The fourth-order valence-electron chi connectivity index (χ4n) is 8.67. The van der Waals surface area contributed by atoms with Crippen LogP contribution in [0.25, 0.3) is 77.6 Å². The standard InChI is InChI=1S/C55H35N3O3/c1-4-16-36(17-5-1)42-22-10-13-25-48(42)58(39-29-31-52-46(32-39)44-24-12-15-27-51(44)59-52)41-33-47-54(61-55(56-47)37-18-6-2-7-19-37)49(34-41)57(38-20-8-3-9-21-38)40-28-30-45-43-23-11-14-26-50(43)60-53(45)35-40/h1-35H. The third-order valence-electron chi connectivity index (χ3n) is 11.5. The van der Waals surface area contributed by atoms with Crippen LogP contribution in [0, 0.1) is 0 Å². The lowest BCUT2D eigenvalue weighted by molar-refractivity contribution is 0.620. The van der Waals surface area contributed by atoms with Gasteiger partial charge in [-0.2, -0.15) is 0 Å². The van der Waals surface area contributed by atoms with E-state index >= 15 is 0 Å². The van der Waals surface area contributed by atoms with Crippen molar-refractivity contribution in [2.45, 2.75) is 0 Å². The first-order valence-corrected chi connectivity index (χ1v) is 20.4. The number of fused-ring (bicyclic) bond motifs is 7. The first kappa shape index (κ1) is 34.7. The summed E-state index contributed by atoms with van der Waals surface area (Å²) in [4.78, 5) is 9.80. The van der Waals surface area contributed by atoms with Gasteiger partial charge in [0.1, 0.15) is 27.8 Å². The van der Waals surface area contributed by atoms with E-state index in [0.29, 0.717) is 17.0 Å². The van der Waals surface area contributed by atoms with Crippen LogP contribution in [0.5, 0.6) is 0 Å². The summed E-state index contributed by atoms with van der Waals surface area (Å²) in [7, 11) is 0. The van der Waals surface area contributed by atoms with Crippen LogP contribution in [-0.4, -0.2) is 4.98 Å². The molecule has 0 amide bonds. The Labute approximate surface area is 350 Å². The normalized spacial score (nSPS) is 11.6. The van der Waals surface area contributed by atoms with Gasteiger partial charge in [-0.1, -0.05) is 121 Å². The van der Waals surface area contributed by atoms with Gasteiger partial charge < -0.3 is 23.1 Å². The number of nitrogens with zero attached hydrogens (tertiary/aromatic N) is 3. The second kappa shape index (κ2) is 14.2. The van der Waals surface area contributed by atoms with Gasteiger partial charge >= 0.3 is 0 Å². The van der Waals surface area contributed by atoms with Crippen LogP contribution in [0.2, 0.25) is 0 Å². The molecule has 0 fully saturated rings. The molecule has 12 aromatic rings. The molecule has 0 aliphatic carbocycles. The lowest BCUT2D eigenvalue weighted by Gasteiger charge is -2.30. The summed E-state index contributed by atoms with van der Waals surface area (Å²) in [5.74, 6) is 0.539. The number of oxazole rings is 1. The van der Waals surface area contributed by atoms with Crippen LogP contribution in [0.15, 0.2) is 226 Å². The molecule has 0 atom stereocenters. The highest BCUT2D eigenvalue weighted by molar-refractivity contribution is 6.09. The zero-order valence-electron chi connectivity index (χ0n) is 32.8. The Kier molecular flexibility index (Phi) is 8.06. The lowest BCUT2D eigenvalue weighted by Crippen LogP contribution is -2.14. The van der Waals surface area contributed by atoms with Crippen molar-refractivity contribution in [1.82, 2.24) is 4.98 Å². The first-order chi connectivity index (χ1) is 30.2. The molecule has 3 aromatic heterocycles. The fourth-order valence-corrected chi connectivity index (χ4v) is 8.67. The SMILES string of the molecule is c1ccc(-c2nc3cc(N(c4ccc5oc6ccccc6c5c4)c4ccccc4-c4ccccc4)cc(N(c4ccccc4)c4ccc5c(c4)oc4ccccc45)c3o2)cc1. The number of benzene rings is 9. The quantitative estimate of drug-likeness (QED) is 0.153. The zero-order chi connectivity index (χ0) is 40.3. The van der Waals surface area contributed by atoms with Crippen LogP contribution in [0.1, 0.15) is 0 Å². The molecular formula is C55H35N3O3. The van der Waals surface area contributed by atoms with Crippen molar-refractivity contribution < 1.29 is 13.3 Å². The van der Waals surface area contributed by atoms with E-state index in [0.717, 1.165) is 94.7 Å². The number of anilines is 6. The number of aromatic nitrogens is 1. The van der Waals surface area contributed by atoms with Gasteiger partial charge in [0.25, 0.3) is 0 Å². The molecule has 61 heavy (non-hydrogen) atoms. The lowest BCUT2D eigenvalue weighted by atomic mass is 10.0. The average Bonchev–Trinajstić information content (AvgIpc) is 4.04. The predicted molar refractivity (Wildman–Crippen MR) is 249 cm³/mol. The second-order valence-electron chi connectivity index (χ2n) is 15.1. The van der Waals surface area contributed by atoms with E-state index < -0.39 is 0 Å². The monoisotopic (exact) mass is 785 g/mol. The van der Waals surface area contributed by atoms with Crippen molar-refractivity contribution >= 4 is 89.1 Å². The molecule has 288 valence electrons. The number of hydrogen-bond acceptors (Lipinski definition) is 6. The molecule has 0 N–H and O–H groups in total. The maximum Gasteiger partial charge on any atom is 0.227 e. The van der Waals surface area contributed by atoms with E-state index in [1.165, 1.54) is 0 Å². The predicted octanol–water partition coefficient (Wildman–Crippen LogP) is 15.9. The molecular weight excluding hydrogens is 751 g/mol. The summed E-state index contributed by atoms with van der Waals surface area (Å²) in [6.07, 6.45) is 0. The molecule has 0 unspecified atom stereocenters. The molecule has 0 spiro atoms. The third kappa shape index (κ3) is 5.92. The van der Waals surface area contributed by atoms with Crippen molar-refractivity contribution in [2.24, 2.45) is 0 Å². The van der Waals surface area contributed by atoms with Gasteiger partial charge in [-0.25, -0.2) is 4.98 Å². The van der Waals surface area contributed by atoms with Crippen molar-refractivity contribution in [1.29, 1.82) is 0 Å². The van der Waals surface area contributed by atoms with Crippen LogP contribution in [0.3, 0.4) is 0 Å². The van der Waals surface area contributed by atoms with Gasteiger partial charge in [-0.05, 0) is 90.5 Å². The highest BCUT2D eigenvalue weighted by atomic mass is 16.4. The Balaban J connectivity index is 1.15. The van der Waals surface area contributed by atoms with E-state index in [1.54, 1.807) is 0 Å². The summed E-state index contributed by atoms with van der Waals surface area (Å²) in [5, 5.41) is 4.24. The second-order valence-corrected chi connectivity index (χ2v) is 15.1. The largest absolute Gasteiger partial charge is 0.456 e. The molecule has 6 nitrogen and oxygen atoms in total. The van der Waals surface area contributed by atoms with Crippen LogP contribution in [-0.2, 0) is 0 Å². The number of furan rings is 2. The minimum atomic E-state index is 0.539. The Hall–Kier alpha value is -8.35. The van der Waals surface area contributed by atoms with Crippen molar-refractivity contribution in [3.05, 3.63) is 212 Å². The molecule has 0 radical (unpaired) electrons. The molecule has 3 heterocycles.